The van der Waals surface area contributed by atoms with Crippen LogP contribution in [-0.4, -0.2) is 41.5 Å². The van der Waals surface area contributed by atoms with E-state index in [1.807, 2.05) is 0 Å². The second kappa shape index (κ2) is 10.1. The maximum Gasteiger partial charge on any atom is 0.420 e. The van der Waals surface area contributed by atoms with Crippen LogP contribution in [0.4, 0.5) is 31.1 Å². The Kier molecular flexibility index (Phi) is 7.35. The number of ether oxygens (including phenoxy) is 1. The van der Waals surface area contributed by atoms with Crippen molar-refractivity contribution in [2.24, 2.45) is 0 Å². The van der Waals surface area contributed by atoms with Crippen LogP contribution in [0.15, 0.2) is 40.8 Å². The molecule has 12 heteroatoms. The molecule has 1 fully saturated rings. The van der Waals surface area contributed by atoms with Crippen LogP contribution >= 0.6 is 0 Å². The number of furan rings is 1. The first-order valence-electron chi connectivity index (χ1n) is 12.1. The van der Waals surface area contributed by atoms with E-state index >= 15 is 4.39 Å². The molecule has 1 aliphatic rings. The second-order valence-corrected chi connectivity index (χ2v) is 10.4. The fraction of sp³-hybridized carbons (Fsp3) is 0.407. The highest BCUT2D eigenvalue weighted by molar-refractivity contribution is 5.95. The number of likely N-dealkylation sites (tertiary alicyclic amines) is 1. The van der Waals surface area contributed by atoms with E-state index in [2.05, 4.69) is 5.32 Å². The Morgan fingerprint density at radius 3 is 2.31 bits per heavy atom. The minimum atomic E-state index is -4.84. The summed E-state index contributed by atoms with van der Waals surface area (Å²) < 4.78 is 94.1. The maximum atomic E-state index is 15.1. The molecule has 2 aromatic carbocycles. The van der Waals surface area contributed by atoms with Crippen LogP contribution in [0.3, 0.4) is 0 Å². The van der Waals surface area contributed by atoms with Crippen molar-refractivity contribution in [3.63, 3.8) is 0 Å². The van der Waals surface area contributed by atoms with Crippen molar-refractivity contribution in [2.45, 2.75) is 57.9 Å². The summed E-state index contributed by atoms with van der Waals surface area (Å²) in [7, 11) is 0. The highest BCUT2D eigenvalue weighted by atomic mass is 19.4. The first-order chi connectivity index (χ1) is 18.0. The summed E-state index contributed by atoms with van der Waals surface area (Å²) in [4.78, 5) is 25.8. The van der Waals surface area contributed by atoms with Crippen LogP contribution in [0.1, 0.15) is 55.3 Å². The van der Waals surface area contributed by atoms with Gasteiger partial charge in [0.1, 0.15) is 22.8 Å². The van der Waals surface area contributed by atoms with Gasteiger partial charge in [0.05, 0.1) is 12.1 Å². The number of hydrogen-bond donors (Lipinski definition) is 1. The summed E-state index contributed by atoms with van der Waals surface area (Å²) in [6.07, 6.45) is -6.63. The first kappa shape index (κ1) is 28.3. The zero-order valence-corrected chi connectivity index (χ0v) is 21.3. The average molecular weight is 557 g/mol. The zero-order chi connectivity index (χ0) is 28.8. The Balaban J connectivity index is 1.62. The van der Waals surface area contributed by atoms with E-state index in [1.165, 1.54) is 29.2 Å². The van der Waals surface area contributed by atoms with Crippen molar-refractivity contribution >= 4 is 23.0 Å². The third-order valence-corrected chi connectivity index (χ3v) is 6.09. The smallest absolute Gasteiger partial charge is 0.420 e. The average Bonchev–Trinajstić information content (AvgIpc) is 3.23. The largest absolute Gasteiger partial charge is 0.459 e. The van der Waals surface area contributed by atoms with Gasteiger partial charge in [-0.25, -0.2) is 18.0 Å². The molecule has 1 aromatic heterocycles. The number of amides is 2. The van der Waals surface area contributed by atoms with E-state index in [0.29, 0.717) is 0 Å². The SMILES string of the molecule is CC(C)(C)OC(=O)NCc1cc2cc(-c3ccc(C(=O)N4CCC(F)(F)CC4)cc3F)cc(C(F)(F)F)c2o1. The van der Waals surface area contributed by atoms with E-state index in [1.54, 1.807) is 20.8 Å². The number of hydrogen-bond acceptors (Lipinski definition) is 4. The van der Waals surface area contributed by atoms with Gasteiger partial charge in [-0.3, -0.25) is 4.79 Å². The molecular formula is C27H26F6N2O4. The molecule has 4 rings (SSSR count). The molecule has 2 amide bonds. The van der Waals surface area contributed by atoms with E-state index in [0.717, 1.165) is 12.1 Å². The van der Waals surface area contributed by atoms with Gasteiger partial charge < -0.3 is 19.4 Å². The van der Waals surface area contributed by atoms with Crippen molar-refractivity contribution in [3.8, 4) is 11.1 Å². The molecule has 0 spiro atoms. The quantitative estimate of drug-likeness (QED) is 0.347. The standard InChI is InChI=1S/C27H26F6N2O4/c1-25(2,3)39-24(37)34-14-18-11-17-10-16(12-20(22(17)38-18)27(31,32)33)19-5-4-15(13-21(19)28)23(36)35-8-6-26(29,30)7-9-35/h4-5,10-13H,6-9,14H2,1-3H3,(H,34,37). The van der Waals surface area contributed by atoms with Gasteiger partial charge in [-0.2, -0.15) is 13.2 Å². The monoisotopic (exact) mass is 556 g/mol. The fourth-order valence-corrected chi connectivity index (χ4v) is 4.23. The van der Waals surface area contributed by atoms with Crippen molar-refractivity contribution < 1.29 is 45.1 Å². The Hall–Kier alpha value is -3.70. The molecule has 39 heavy (non-hydrogen) atoms. The molecule has 3 aromatic rings. The third-order valence-electron chi connectivity index (χ3n) is 6.09. The van der Waals surface area contributed by atoms with Crippen LogP contribution in [0.2, 0.25) is 0 Å². The molecule has 6 nitrogen and oxygen atoms in total. The number of piperidine rings is 1. The van der Waals surface area contributed by atoms with E-state index in [-0.39, 0.29) is 47.5 Å². The molecule has 0 radical (unpaired) electrons. The summed E-state index contributed by atoms with van der Waals surface area (Å²) in [5.41, 5.74) is -2.82. The van der Waals surface area contributed by atoms with Crippen molar-refractivity contribution in [1.29, 1.82) is 0 Å². The molecule has 1 saturated heterocycles. The summed E-state index contributed by atoms with van der Waals surface area (Å²) in [5.74, 6) is -4.43. The lowest BCUT2D eigenvalue weighted by atomic mass is 9.98. The fourth-order valence-electron chi connectivity index (χ4n) is 4.23. The van der Waals surface area contributed by atoms with E-state index < -0.39 is 59.5 Å². The number of alkyl halides is 5. The van der Waals surface area contributed by atoms with E-state index in [9.17, 15) is 31.5 Å². The highest BCUT2D eigenvalue weighted by Crippen LogP contribution is 2.40. The summed E-state index contributed by atoms with van der Waals surface area (Å²) in [5, 5.41) is 2.43. The molecule has 1 aliphatic heterocycles. The zero-order valence-electron chi connectivity index (χ0n) is 21.3. The summed E-state index contributed by atoms with van der Waals surface area (Å²) in [6, 6.07) is 6.64. The first-order valence-corrected chi connectivity index (χ1v) is 12.1. The lowest BCUT2D eigenvalue weighted by Gasteiger charge is -2.31. The third kappa shape index (κ3) is 6.66. The predicted molar refractivity (Wildman–Crippen MR) is 130 cm³/mol. The summed E-state index contributed by atoms with van der Waals surface area (Å²) in [6.45, 7) is 4.34. The van der Waals surface area contributed by atoms with Crippen LogP contribution in [0.5, 0.6) is 0 Å². The number of halogens is 6. The van der Waals surface area contributed by atoms with Gasteiger partial charge in [0.25, 0.3) is 11.8 Å². The maximum absolute atomic E-state index is 15.1. The molecule has 0 unspecified atom stereocenters. The molecule has 0 saturated carbocycles. The normalized spacial score (nSPS) is 15.9. The molecule has 0 bridgehead atoms. The van der Waals surface area contributed by atoms with Gasteiger partial charge in [-0.05, 0) is 56.7 Å². The number of nitrogens with zero attached hydrogens (tertiary/aromatic N) is 1. The minimum absolute atomic E-state index is 0.0204. The van der Waals surface area contributed by atoms with Gasteiger partial charge in [-0.1, -0.05) is 6.07 Å². The summed E-state index contributed by atoms with van der Waals surface area (Å²) >= 11 is 0. The Labute approximate surface area is 219 Å². The number of carbonyl (C=O) groups excluding carboxylic acids is 2. The lowest BCUT2D eigenvalue weighted by molar-refractivity contribution is -0.136. The van der Waals surface area contributed by atoms with Crippen LogP contribution in [0.25, 0.3) is 22.1 Å². The number of rotatable bonds is 4. The van der Waals surface area contributed by atoms with Crippen molar-refractivity contribution in [3.05, 3.63) is 59.1 Å². The Bertz CT molecular complexity index is 1400. The molecule has 0 aliphatic carbocycles. The molecule has 0 atom stereocenters. The number of nitrogens with one attached hydrogen (secondary N) is 1. The molecule has 2 heterocycles. The Morgan fingerprint density at radius 2 is 1.72 bits per heavy atom. The predicted octanol–water partition coefficient (Wildman–Crippen LogP) is 7.15. The number of benzene rings is 2. The molecule has 1 N–H and O–H groups in total. The van der Waals surface area contributed by atoms with Gasteiger partial charge in [0.2, 0.25) is 0 Å². The second-order valence-electron chi connectivity index (χ2n) is 10.4. The van der Waals surface area contributed by atoms with Gasteiger partial charge in [0.15, 0.2) is 0 Å². The van der Waals surface area contributed by atoms with Gasteiger partial charge in [0, 0.05) is 42.4 Å². The highest BCUT2D eigenvalue weighted by Gasteiger charge is 2.37. The van der Waals surface area contributed by atoms with Crippen LogP contribution < -0.4 is 5.32 Å². The van der Waals surface area contributed by atoms with Crippen LogP contribution in [0, 0.1) is 5.82 Å². The minimum Gasteiger partial charge on any atom is -0.459 e. The number of carbonyl (C=O) groups is 2. The molecule has 210 valence electrons. The van der Waals surface area contributed by atoms with Gasteiger partial charge >= 0.3 is 12.3 Å². The lowest BCUT2D eigenvalue weighted by Crippen LogP contribution is -2.42. The molecular weight excluding hydrogens is 530 g/mol. The van der Waals surface area contributed by atoms with Crippen molar-refractivity contribution in [1.82, 2.24) is 10.2 Å². The number of fused-ring (bicyclic) bond motifs is 1. The number of alkyl carbamates (subject to hydrolysis) is 1. The Morgan fingerprint density at radius 1 is 1.05 bits per heavy atom. The topological polar surface area (TPSA) is 71.8 Å². The van der Waals surface area contributed by atoms with Crippen molar-refractivity contribution in [2.75, 3.05) is 13.1 Å². The van der Waals surface area contributed by atoms with Crippen LogP contribution in [-0.2, 0) is 17.5 Å². The van der Waals surface area contributed by atoms with E-state index in [4.69, 9.17) is 9.15 Å². The van der Waals surface area contributed by atoms with Gasteiger partial charge in [-0.15, -0.1) is 0 Å².